The Balaban J connectivity index is 0. The van der Waals surface area contributed by atoms with E-state index in [9.17, 15) is 4.39 Å². The summed E-state index contributed by atoms with van der Waals surface area (Å²) in [5.74, 6) is -0.194. The summed E-state index contributed by atoms with van der Waals surface area (Å²) in [5.41, 5.74) is 1.16. The molecule has 0 fully saturated rings. The quantitative estimate of drug-likeness (QED) is 0.453. The zero-order chi connectivity index (χ0) is 12.3. The maximum atomic E-state index is 12.9. The Hall–Kier alpha value is 0.183. The normalized spacial score (nSPS) is 10.9. The summed E-state index contributed by atoms with van der Waals surface area (Å²) in [6, 6.07) is 7.05. The molecule has 5 heteroatoms. The van der Waals surface area contributed by atoms with Crippen molar-refractivity contribution in [3.05, 3.63) is 64.4 Å². The summed E-state index contributed by atoms with van der Waals surface area (Å²) in [6.07, 6.45) is 10.0. The van der Waals surface area contributed by atoms with E-state index in [1.165, 1.54) is 6.07 Å². The fraction of sp³-hybridized carbons (Fsp3) is 0.133. The molecular weight excluding hydrogens is 441 g/mol. The first kappa shape index (κ1) is 22.5. The maximum absolute atomic E-state index is 12.9. The second-order valence-corrected chi connectivity index (χ2v) is 4.78. The average molecular weight is 453 g/mol. The third-order valence-electron chi connectivity index (χ3n) is 2.47. The van der Waals surface area contributed by atoms with Gasteiger partial charge in [-0.25, -0.2) is 16.5 Å². The summed E-state index contributed by atoms with van der Waals surface area (Å²) in [6.45, 7) is 2.00. The molecule has 1 aliphatic rings. The van der Waals surface area contributed by atoms with Crippen molar-refractivity contribution >= 4 is 26.7 Å². The third-order valence-corrected chi connectivity index (χ3v) is 3.12. The zero-order valence-electron chi connectivity index (χ0n) is 10.8. The van der Waals surface area contributed by atoms with Gasteiger partial charge in [0.05, 0.1) is 5.82 Å². The predicted molar refractivity (Wildman–Crippen MR) is 73.5 cm³/mol. The second-order valence-electron chi connectivity index (χ2n) is 3.93. The van der Waals surface area contributed by atoms with Crippen LogP contribution in [0.1, 0.15) is 12.0 Å². The smallest absolute Gasteiger partial charge is 1.00 e. The van der Waals surface area contributed by atoms with Crippen LogP contribution in [-0.2, 0) is 26.2 Å². The van der Waals surface area contributed by atoms with Crippen molar-refractivity contribution in [2.75, 3.05) is 0 Å². The molecule has 0 amide bonds. The Bertz CT molecular complexity index is 581. The van der Waals surface area contributed by atoms with Crippen LogP contribution < -0.4 is 24.8 Å². The molecule has 2 aromatic rings. The van der Waals surface area contributed by atoms with Crippen molar-refractivity contribution in [2.45, 2.75) is 13.3 Å². The van der Waals surface area contributed by atoms with Gasteiger partial charge in [-0.2, -0.15) is 12.1 Å². The van der Waals surface area contributed by atoms with Crippen LogP contribution in [0.15, 0.2) is 47.0 Å². The topological polar surface area (TPSA) is 0 Å². The summed E-state index contributed by atoms with van der Waals surface area (Å²) >= 11 is 3.32. The van der Waals surface area contributed by atoms with Gasteiger partial charge in [0.2, 0.25) is 0 Å². The van der Waals surface area contributed by atoms with Gasteiger partial charge in [0.1, 0.15) is 0 Å². The van der Waals surface area contributed by atoms with Crippen LogP contribution in [0, 0.1) is 18.8 Å². The minimum Gasteiger partial charge on any atom is -1.00 e. The molecule has 0 bridgehead atoms. The van der Waals surface area contributed by atoms with Gasteiger partial charge < -0.3 is 24.8 Å². The molecule has 0 aliphatic heterocycles. The molecule has 0 saturated heterocycles. The molecule has 0 N–H and O–H groups in total. The van der Waals surface area contributed by atoms with E-state index in [4.69, 9.17) is 0 Å². The minimum atomic E-state index is -0.194. The Labute approximate surface area is 159 Å². The van der Waals surface area contributed by atoms with E-state index in [2.05, 4.69) is 28.1 Å². The van der Waals surface area contributed by atoms with Crippen molar-refractivity contribution in [1.82, 2.24) is 0 Å². The van der Waals surface area contributed by atoms with Crippen LogP contribution in [0.4, 0.5) is 4.39 Å². The van der Waals surface area contributed by atoms with Gasteiger partial charge in [0, 0.05) is 0 Å². The number of hydrogen-bond donors (Lipinski definition) is 0. The predicted octanol–water partition coefficient (Wildman–Crippen LogP) is -0.920. The van der Waals surface area contributed by atoms with E-state index < -0.39 is 0 Å². The van der Waals surface area contributed by atoms with E-state index >= 15 is 0 Å². The first-order valence-electron chi connectivity index (χ1n) is 5.40. The first-order valence-corrected chi connectivity index (χ1v) is 6.20. The fourth-order valence-corrected chi connectivity index (χ4v) is 2.29. The van der Waals surface area contributed by atoms with Gasteiger partial charge in [-0.15, -0.1) is 28.8 Å². The van der Waals surface area contributed by atoms with Crippen molar-refractivity contribution in [3.8, 4) is 0 Å². The molecule has 1 aliphatic carbocycles. The summed E-state index contributed by atoms with van der Waals surface area (Å²) in [7, 11) is 0. The van der Waals surface area contributed by atoms with Gasteiger partial charge in [0.15, 0.2) is 0 Å². The third kappa shape index (κ3) is 6.30. The van der Waals surface area contributed by atoms with E-state index in [1.54, 1.807) is 6.07 Å². The Morgan fingerprint density at radius 1 is 1.25 bits per heavy atom. The molecule has 3 rings (SSSR count). The van der Waals surface area contributed by atoms with Gasteiger partial charge in [0.25, 0.3) is 0 Å². The SMILES string of the molecule is Cc1cc2c(Br)cc(F)cc2[cH-]1.[C-]1=CC=CC1.[Cl-].[Cl-].[Zr+4]. The van der Waals surface area contributed by atoms with Crippen LogP contribution in [0.3, 0.4) is 0 Å². The zero-order valence-corrected chi connectivity index (χ0v) is 16.3. The van der Waals surface area contributed by atoms with Crippen LogP contribution in [-0.4, -0.2) is 0 Å². The van der Waals surface area contributed by atoms with Gasteiger partial charge in [-0.05, 0) is 10.5 Å². The molecule has 0 aromatic heterocycles. The number of fused-ring (bicyclic) bond motifs is 1. The van der Waals surface area contributed by atoms with Gasteiger partial charge in [-0.1, -0.05) is 28.9 Å². The monoisotopic (exact) mass is 450 g/mol. The van der Waals surface area contributed by atoms with E-state index in [-0.39, 0.29) is 56.8 Å². The molecular formula is C15H12BrCl2FZr. The van der Waals surface area contributed by atoms with Crippen LogP contribution in [0.25, 0.3) is 10.8 Å². The standard InChI is InChI=1S/C10H7BrF.C5H5.2ClH.Zr/c1-6-2-7-4-8(12)5-10(11)9(7)3-6;1-2-4-5-3-1;;;/h2-5H,1H3;1-3H,4H2;2*1H;/q2*-1;;;+4/p-2. The average Bonchev–Trinajstić information content (AvgIpc) is 2.88. The molecule has 0 heterocycles. The Morgan fingerprint density at radius 2 is 1.95 bits per heavy atom. The number of rotatable bonds is 0. The minimum absolute atomic E-state index is 0. The van der Waals surface area contributed by atoms with Crippen LogP contribution in [0.5, 0.6) is 0 Å². The maximum Gasteiger partial charge on any atom is 4.00 e. The molecule has 0 spiro atoms. The summed E-state index contributed by atoms with van der Waals surface area (Å²) in [5, 5.41) is 2.04. The van der Waals surface area contributed by atoms with E-state index in [0.29, 0.717) is 0 Å². The fourth-order valence-electron chi connectivity index (χ4n) is 1.73. The number of aryl methyl sites for hydroxylation is 1. The molecule has 0 unspecified atom stereocenters. The van der Waals surface area contributed by atoms with Crippen molar-refractivity contribution < 1.29 is 55.4 Å². The summed E-state index contributed by atoms with van der Waals surface area (Å²) < 4.78 is 13.7. The Morgan fingerprint density at radius 3 is 2.45 bits per heavy atom. The summed E-state index contributed by atoms with van der Waals surface area (Å²) in [4.78, 5) is 0. The van der Waals surface area contributed by atoms with Crippen LogP contribution in [0.2, 0.25) is 0 Å². The number of benzene rings is 1. The molecule has 0 nitrogen and oxygen atoms in total. The second kappa shape index (κ2) is 10.8. The van der Waals surface area contributed by atoms with Gasteiger partial charge in [-0.3, -0.25) is 6.08 Å². The van der Waals surface area contributed by atoms with E-state index in [1.807, 2.05) is 31.2 Å². The molecule has 0 saturated carbocycles. The number of hydrogen-bond acceptors (Lipinski definition) is 0. The molecule has 20 heavy (non-hydrogen) atoms. The van der Waals surface area contributed by atoms with E-state index in [0.717, 1.165) is 27.2 Å². The van der Waals surface area contributed by atoms with Crippen molar-refractivity contribution in [3.63, 3.8) is 0 Å². The Kier molecular flexibility index (Phi) is 12.2. The molecule has 0 atom stereocenters. The molecule has 0 radical (unpaired) electrons. The van der Waals surface area contributed by atoms with Crippen molar-refractivity contribution in [1.29, 1.82) is 0 Å². The van der Waals surface area contributed by atoms with Gasteiger partial charge >= 0.3 is 26.2 Å². The first-order chi connectivity index (χ1) is 8.16. The van der Waals surface area contributed by atoms with Crippen LogP contribution >= 0.6 is 15.9 Å². The molecule has 2 aromatic carbocycles. The van der Waals surface area contributed by atoms with Crippen molar-refractivity contribution in [2.24, 2.45) is 0 Å². The molecule has 104 valence electrons. The number of allylic oxidation sites excluding steroid dienone is 4. The number of halogens is 4. The largest absolute Gasteiger partial charge is 4.00 e.